The minimum Gasteiger partial charge on any atom is -0.477 e. The Hall–Kier alpha value is -2.96. The maximum Gasteiger partial charge on any atom is 0.279 e. The summed E-state index contributed by atoms with van der Waals surface area (Å²) >= 11 is 0. The third-order valence-corrected chi connectivity index (χ3v) is 6.09. The highest BCUT2D eigenvalue weighted by molar-refractivity contribution is 6.83. The van der Waals surface area contributed by atoms with Crippen LogP contribution in [-0.2, 0) is 13.0 Å². The summed E-state index contributed by atoms with van der Waals surface area (Å²) in [5, 5.41) is 4.57. The molecule has 3 rings (SSSR count). The van der Waals surface area contributed by atoms with Crippen LogP contribution in [-0.4, -0.2) is 65.0 Å². The Labute approximate surface area is 202 Å². The summed E-state index contributed by atoms with van der Waals surface area (Å²) in [5.74, 6) is 4.13. The summed E-state index contributed by atoms with van der Waals surface area (Å²) < 4.78 is 7.86. The second kappa shape index (κ2) is 11.0. The average molecular weight is 481 g/mol. The van der Waals surface area contributed by atoms with Gasteiger partial charge in [-0.2, -0.15) is 5.10 Å². The number of H-pyrrole nitrogens is 1. The molecule has 3 aromatic heterocycles. The molecule has 0 spiro atoms. The van der Waals surface area contributed by atoms with Gasteiger partial charge in [-0.05, 0) is 33.0 Å². The van der Waals surface area contributed by atoms with Crippen molar-refractivity contribution in [3.05, 3.63) is 33.9 Å². The average Bonchev–Trinajstić information content (AvgIpc) is 3.14. The maximum absolute atomic E-state index is 13.0. The van der Waals surface area contributed by atoms with E-state index >= 15 is 0 Å². The normalized spacial score (nSPS) is 11.6. The number of hydrogen-bond donors (Lipinski definition) is 1. The number of nitrogens with zero attached hydrogens (tertiary/aromatic N) is 5. The molecular weight excluding hydrogens is 444 g/mol. The lowest BCUT2D eigenvalue weighted by Gasteiger charge is -2.11. The summed E-state index contributed by atoms with van der Waals surface area (Å²) in [4.78, 5) is 27.4. The van der Waals surface area contributed by atoms with Crippen LogP contribution in [0.3, 0.4) is 0 Å². The van der Waals surface area contributed by atoms with Gasteiger partial charge in [-0.1, -0.05) is 45.8 Å². The van der Waals surface area contributed by atoms with Gasteiger partial charge in [-0.3, -0.25) is 9.48 Å². The fraction of sp³-hybridized carbons (Fsp3) is 0.520. The number of ether oxygens (including phenoxy) is 1. The van der Waals surface area contributed by atoms with Crippen LogP contribution < -0.4 is 10.3 Å². The Morgan fingerprint density at radius 2 is 1.97 bits per heavy atom. The van der Waals surface area contributed by atoms with E-state index in [9.17, 15) is 4.79 Å². The molecule has 0 saturated carbocycles. The molecule has 9 heteroatoms. The van der Waals surface area contributed by atoms with Crippen LogP contribution in [0.25, 0.3) is 22.4 Å². The van der Waals surface area contributed by atoms with Crippen molar-refractivity contribution in [2.45, 2.75) is 59.3 Å². The smallest absolute Gasteiger partial charge is 0.279 e. The van der Waals surface area contributed by atoms with Gasteiger partial charge in [0, 0.05) is 18.3 Å². The number of fused-ring (bicyclic) bond motifs is 1. The maximum atomic E-state index is 13.0. The molecule has 0 unspecified atom stereocenters. The molecular formula is C25H36N6O2Si. The Bertz CT molecular complexity index is 1260. The van der Waals surface area contributed by atoms with Gasteiger partial charge in [0.2, 0.25) is 5.88 Å². The van der Waals surface area contributed by atoms with Crippen LogP contribution in [0.2, 0.25) is 19.6 Å². The number of aromatic amines is 1. The highest BCUT2D eigenvalue weighted by Crippen LogP contribution is 2.27. The number of unbranched alkanes of at least 4 members (excludes halogenated alkanes) is 1. The topological polar surface area (TPSA) is 88.9 Å². The zero-order valence-electron chi connectivity index (χ0n) is 21.4. The van der Waals surface area contributed by atoms with Crippen LogP contribution in [0.1, 0.15) is 37.9 Å². The first kappa shape index (κ1) is 25.7. The SMILES string of the molecule is CCCCOc1ncc(C#C[Si](C)(C)C)cc1-c1nc2c(CC)n(CCN(C)C)nc2c(=O)[nH]1. The molecule has 0 bridgehead atoms. The Morgan fingerprint density at radius 1 is 1.21 bits per heavy atom. The van der Waals surface area contributed by atoms with Gasteiger partial charge in [0.05, 0.1) is 24.4 Å². The van der Waals surface area contributed by atoms with E-state index in [4.69, 9.17) is 9.72 Å². The monoisotopic (exact) mass is 480 g/mol. The van der Waals surface area contributed by atoms with E-state index in [0.29, 0.717) is 41.5 Å². The van der Waals surface area contributed by atoms with Crippen molar-refractivity contribution >= 4 is 19.1 Å². The highest BCUT2D eigenvalue weighted by atomic mass is 28.3. The van der Waals surface area contributed by atoms with E-state index in [1.54, 1.807) is 6.20 Å². The van der Waals surface area contributed by atoms with E-state index in [0.717, 1.165) is 37.1 Å². The quantitative estimate of drug-likeness (QED) is 0.285. The second-order valence-electron chi connectivity index (χ2n) is 9.72. The van der Waals surface area contributed by atoms with Crippen molar-refractivity contribution < 1.29 is 4.74 Å². The lowest BCUT2D eigenvalue weighted by molar-refractivity contribution is 0.299. The highest BCUT2D eigenvalue weighted by Gasteiger charge is 2.19. The minimum absolute atomic E-state index is 0.267. The fourth-order valence-electron chi connectivity index (χ4n) is 3.40. The van der Waals surface area contributed by atoms with E-state index in [1.807, 2.05) is 24.8 Å². The Balaban J connectivity index is 2.15. The molecule has 3 aromatic rings. The molecule has 0 radical (unpaired) electrons. The van der Waals surface area contributed by atoms with Crippen molar-refractivity contribution in [1.29, 1.82) is 0 Å². The standard InChI is InChI=1S/C25H36N6O2Si/c1-8-10-14-33-25-19(16-18(17-26-25)11-15-34(5,6)7)23-27-21-20(9-2)31(13-12-30(3)4)29-22(21)24(32)28-23/h16-17H,8-10,12-14H2,1-7H3,(H,27,28,32). The molecule has 0 amide bonds. The summed E-state index contributed by atoms with van der Waals surface area (Å²) in [6.07, 6.45) is 4.38. The first-order valence-corrected chi connectivity index (χ1v) is 15.4. The van der Waals surface area contributed by atoms with Gasteiger partial charge >= 0.3 is 0 Å². The van der Waals surface area contributed by atoms with Gasteiger partial charge in [0.1, 0.15) is 19.4 Å². The fourth-order valence-corrected chi connectivity index (χ4v) is 3.92. The van der Waals surface area contributed by atoms with Gasteiger partial charge in [-0.15, -0.1) is 5.54 Å². The third kappa shape index (κ3) is 6.33. The van der Waals surface area contributed by atoms with E-state index in [2.05, 4.69) is 64.9 Å². The van der Waals surface area contributed by atoms with Gasteiger partial charge < -0.3 is 14.6 Å². The molecule has 1 N–H and O–H groups in total. The number of likely N-dealkylation sites (N-methyl/N-ethyl adjacent to an activating group) is 1. The molecule has 0 aromatic carbocycles. The largest absolute Gasteiger partial charge is 0.477 e. The summed E-state index contributed by atoms with van der Waals surface area (Å²) in [7, 11) is 2.48. The molecule has 0 atom stereocenters. The zero-order chi connectivity index (χ0) is 24.9. The van der Waals surface area contributed by atoms with Crippen molar-refractivity contribution in [2.75, 3.05) is 27.2 Å². The molecule has 0 fully saturated rings. The molecule has 0 aliphatic heterocycles. The molecule has 3 heterocycles. The molecule has 0 aliphatic carbocycles. The predicted octanol–water partition coefficient (Wildman–Crippen LogP) is 3.71. The van der Waals surface area contributed by atoms with Crippen molar-refractivity contribution in [1.82, 2.24) is 29.6 Å². The summed E-state index contributed by atoms with van der Waals surface area (Å²) in [6, 6.07) is 1.91. The summed E-state index contributed by atoms with van der Waals surface area (Å²) in [6.45, 7) is 12.8. The number of nitrogens with one attached hydrogen (secondary N) is 1. The first-order valence-electron chi connectivity index (χ1n) is 11.9. The number of aromatic nitrogens is 5. The van der Waals surface area contributed by atoms with Crippen molar-refractivity contribution in [3.8, 4) is 28.7 Å². The first-order chi connectivity index (χ1) is 16.1. The minimum atomic E-state index is -1.56. The van der Waals surface area contributed by atoms with Gasteiger partial charge in [0.25, 0.3) is 5.56 Å². The van der Waals surface area contributed by atoms with Gasteiger partial charge in [0.15, 0.2) is 5.52 Å². The van der Waals surface area contributed by atoms with Gasteiger partial charge in [-0.25, -0.2) is 9.97 Å². The number of aryl methyl sites for hydroxylation is 1. The molecule has 34 heavy (non-hydrogen) atoms. The number of hydrogen-bond acceptors (Lipinski definition) is 6. The Kier molecular flexibility index (Phi) is 8.28. The second-order valence-corrected chi connectivity index (χ2v) is 14.5. The molecule has 8 nitrogen and oxygen atoms in total. The molecule has 0 saturated heterocycles. The molecule has 0 aliphatic rings. The van der Waals surface area contributed by atoms with Crippen LogP contribution >= 0.6 is 0 Å². The van der Waals surface area contributed by atoms with Crippen molar-refractivity contribution in [3.63, 3.8) is 0 Å². The molecule has 182 valence electrons. The van der Waals surface area contributed by atoms with E-state index < -0.39 is 8.07 Å². The van der Waals surface area contributed by atoms with E-state index in [-0.39, 0.29) is 5.56 Å². The summed E-state index contributed by atoms with van der Waals surface area (Å²) in [5.41, 5.74) is 6.45. The third-order valence-electron chi connectivity index (χ3n) is 5.22. The lowest BCUT2D eigenvalue weighted by Crippen LogP contribution is -2.20. The predicted molar refractivity (Wildman–Crippen MR) is 140 cm³/mol. The Morgan fingerprint density at radius 3 is 2.62 bits per heavy atom. The zero-order valence-corrected chi connectivity index (χ0v) is 22.4. The number of pyridine rings is 1. The lowest BCUT2D eigenvalue weighted by atomic mass is 10.2. The van der Waals surface area contributed by atoms with Crippen LogP contribution in [0.15, 0.2) is 17.1 Å². The van der Waals surface area contributed by atoms with Crippen LogP contribution in [0, 0.1) is 11.5 Å². The van der Waals surface area contributed by atoms with E-state index in [1.165, 1.54) is 0 Å². The number of rotatable bonds is 9. The van der Waals surface area contributed by atoms with Crippen molar-refractivity contribution in [2.24, 2.45) is 0 Å². The van der Waals surface area contributed by atoms with Crippen LogP contribution in [0.5, 0.6) is 5.88 Å². The van der Waals surface area contributed by atoms with Crippen LogP contribution in [0.4, 0.5) is 0 Å².